The van der Waals surface area contributed by atoms with Crippen LogP contribution in [0.2, 0.25) is 0 Å². The lowest BCUT2D eigenvalue weighted by Gasteiger charge is -2.13. The van der Waals surface area contributed by atoms with E-state index in [4.69, 9.17) is 12.2 Å². The number of nitrogens with one attached hydrogen (secondary N) is 1. The van der Waals surface area contributed by atoms with Crippen LogP contribution in [-0.2, 0) is 0 Å². The average molecular weight is 236 g/mol. The van der Waals surface area contributed by atoms with E-state index in [2.05, 4.69) is 23.8 Å². The zero-order valence-electron chi connectivity index (χ0n) is 9.47. The molecule has 1 N–H and O–H groups in total. The van der Waals surface area contributed by atoms with E-state index in [0.29, 0.717) is 21.9 Å². The van der Waals surface area contributed by atoms with Crippen LogP contribution in [0.4, 0.5) is 4.39 Å². The minimum absolute atomic E-state index is 0.249. The summed E-state index contributed by atoms with van der Waals surface area (Å²) in [7, 11) is 0. The topological polar surface area (TPSA) is 28.7 Å². The second kappa shape index (κ2) is 3.94. The van der Waals surface area contributed by atoms with Gasteiger partial charge in [0, 0.05) is 11.8 Å². The molecule has 4 heteroatoms. The Labute approximate surface area is 98.9 Å². The van der Waals surface area contributed by atoms with Crippen molar-refractivity contribution < 1.29 is 4.39 Å². The molecule has 0 saturated heterocycles. The van der Waals surface area contributed by atoms with E-state index in [1.807, 2.05) is 6.07 Å². The molecule has 84 valence electrons. The molecule has 0 aromatic carbocycles. The molecule has 16 heavy (non-hydrogen) atoms. The highest BCUT2D eigenvalue weighted by Crippen LogP contribution is 2.27. The SMILES string of the molecule is Cc1c(F)c[nH]c2nc(=S)c(C(C)C)cc1-2. The summed E-state index contributed by atoms with van der Waals surface area (Å²) in [6.45, 7) is 5.86. The maximum absolute atomic E-state index is 13.4. The third-order valence-corrected chi connectivity index (χ3v) is 3.06. The zero-order chi connectivity index (χ0) is 11.9. The Bertz CT molecular complexity index is 560. The summed E-state index contributed by atoms with van der Waals surface area (Å²) >= 11 is 5.21. The summed E-state index contributed by atoms with van der Waals surface area (Å²) in [6, 6.07) is 1.93. The van der Waals surface area contributed by atoms with Crippen LogP contribution in [-0.4, -0.2) is 9.97 Å². The third-order valence-electron chi connectivity index (χ3n) is 2.74. The maximum Gasteiger partial charge on any atom is 0.142 e. The third kappa shape index (κ3) is 1.73. The first-order valence-electron chi connectivity index (χ1n) is 5.19. The number of H-pyrrole nitrogens is 1. The molecule has 2 rings (SSSR count). The molecule has 0 fully saturated rings. The molecule has 2 aliphatic heterocycles. The number of hydrogen-bond acceptors (Lipinski definition) is 2. The van der Waals surface area contributed by atoms with E-state index in [1.165, 1.54) is 6.20 Å². The lowest BCUT2D eigenvalue weighted by atomic mass is 10.00. The molecule has 0 spiro atoms. The second-order valence-corrected chi connectivity index (χ2v) is 4.58. The van der Waals surface area contributed by atoms with Gasteiger partial charge in [0.05, 0.1) is 0 Å². The molecule has 0 aromatic rings. The highest BCUT2D eigenvalue weighted by molar-refractivity contribution is 7.71. The molecule has 0 aromatic heterocycles. The molecule has 2 nitrogen and oxygen atoms in total. The van der Waals surface area contributed by atoms with Gasteiger partial charge >= 0.3 is 0 Å². The Morgan fingerprint density at radius 2 is 2.12 bits per heavy atom. The molecule has 0 atom stereocenters. The van der Waals surface area contributed by atoms with Crippen LogP contribution in [0.15, 0.2) is 12.3 Å². The molecule has 0 aliphatic carbocycles. The van der Waals surface area contributed by atoms with Crippen molar-refractivity contribution in [2.24, 2.45) is 0 Å². The van der Waals surface area contributed by atoms with Crippen LogP contribution in [0.25, 0.3) is 11.4 Å². The van der Waals surface area contributed by atoms with Crippen molar-refractivity contribution in [1.82, 2.24) is 9.97 Å². The Kier molecular flexibility index (Phi) is 2.76. The molecule has 0 unspecified atom stereocenters. The molecule has 0 bridgehead atoms. The van der Waals surface area contributed by atoms with Crippen molar-refractivity contribution in [3.63, 3.8) is 0 Å². The van der Waals surface area contributed by atoms with E-state index < -0.39 is 0 Å². The van der Waals surface area contributed by atoms with Crippen LogP contribution < -0.4 is 0 Å². The lowest BCUT2D eigenvalue weighted by molar-refractivity contribution is 0.611. The molecular formula is C12H13FN2S. The fourth-order valence-corrected chi connectivity index (χ4v) is 2.08. The van der Waals surface area contributed by atoms with E-state index >= 15 is 0 Å². The summed E-state index contributed by atoms with van der Waals surface area (Å²) in [4.78, 5) is 7.11. The molecular weight excluding hydrogens is 223 g/mol. The van der Waals surface area contributed by atoms with Crippen molar-refractivity contribution in [2.45, 2.75) is 26.7 Å². The van der Waals surface area contributed by atoms with Gasteiger partial charge in [-0.2, -0.15) is 0 Å². The van der Waals surface area contributed by atoms with E-state index in [0.717, 1.165) is 11.1 Å². The van der Waals surface area contributed by atoms with E-state index in [9.17, 15) is 4.39 Å². The number of aromatic nitrogens is 2. The summed E-state index contributed by atoms with van der Waals surface area (Å²) in [5.74, 6) is 0.696. The normalized spacial score (nSPS) is 11.3. The number of hydrogen-bond donors (Lipinski definition) is 1. The van der Waals surface area contributed by atoms with Gasteiger partial charge in [-0.3, -0.25) is 0 Å². The van der Waals surface area contributed by atoms with Gasteiger partial charge in [-0.1, -0.05) is 26.1 Å². The van der Waals surface area contributed by atoms with Gasteiger partial charge in [-0.05, 0) is 30.0 Å². The monoisotopic (exact) mass is 236 g/mol. The van der Waals surface area contributed by atoms with Crippen LogP contribution >= 0.6 is 12.2 Å². The largest absolute Gasteiger partial charge is 0.343 e. The predicted octanol–water partition coefficient (Wildman–Crippen LogP) is 3.81. The van der Waals surface area contributed by atoms with Crippen molar-refractivity contribution >= 4 is 12.2 Å². The highest BCUT2D eigenvalue weighted by atomic mass is 32.1. The van der Waals surface area contributed by atoms with Gasteiger partial charge in [0.1, 0.15) is 16.3 Å². The van der Waals surface area contributed by atoms with Crippen LogP contribution in [0.1, 0.15) is 30.9 Å². The van der Waals surface area contributed by atoms with Gasteiger partial charge < -0.3 is 4.98 Å². The fraction of sp³-hybridized carbons (Fsp3) is 0.333. The summed E-state index contributed by atoms with van der Waals surface area (Å²) in [6.07, 6.45) is 1.31. The first-order chi connectivity index (χ1) is 7.50. The minimum atomic E-state index is -0.249. The van der Waals surface area contributed by atoms with Crippen molar-refractivity contribution in [2.75, 3.05) is 0 Å². The van der Waals surface area contributed by atoms with Gasteiger partial charge in [0.2, 0.25) is 0 Å². The molecule has 2 aliphatic rings. The lowest BCUT2D eigenvalue weighted by Crippen LogP contribution is -2.01. The summed E-state index contributed by atoms with van der Waals surface area (Å²) in [5, 5.41) is 0. The van der Waals surface area contributed by atoms with Crippen LogP contribution in [0, 0.1) is 17.4 Å². The molecule has 0 radical (unpaired) electrons. The van der Waals surface area contributed by atoms with Crippen molar-refractivity contribution in [3.05, 3.63) is 33.8 Å². The molecule has 0 saturated carbocycles. The number of aromatic amines is 1. The quantitative estimate of drug-likeness (QED) is 0.763. The van der Waals surface area contributed by atoms with Crippen LogP contribution in [0.5, 0.6) is 0 Å². The molecule has 2 heterocycles. The summed E-state index contributed by atoms with van der Waals surface area (Å²) < 4.78 is 14.0. The predicted molar refractivity (Wildman–Crippen MR) is 64.8 cm³/mol. The van der Waals surface area contributed by atoms with Gasteiger partial charge in [-0.25, -0.2) is 9.37 Å². The Morgan fingerprint density at radius 1 is 1.44 bits per heavy atom. The minimum Gasteiger partial charge on any atom is -0.343 e. The van der Waals surface area contributed by atoms with Gasteiger partial charge in [-0.15, -0.1) is 0 Å². The highest BCUT2D eigenvalue weighted by Gasteiger charge is 2.14. The van der Waals surface area contributed by atoms with Gasteiger partial charge in [0.15, 0.2) is 0 Å². The average Bonchev–Trinajstić information content (AvgIpc) is 2.23. The standard InChI is InChI=1S/C12H13FN2S/c1-6(2)8-4-9-7(3)10(13)5-14-11(9)15-12(8)16/h4-6H,1-3H3,(H,14,15,16). The smallest absolute Gasteiger partial charge is 0.142 e. The summed E-state index contributed by atoms with van der Waals surface area (Å²) in [5.41, 5.74) is 2.40. The second-order valence-electron chi connectivity index (χ2n) is 4.20. The Hall–Kier alpha value is -1.29. The fourth-order valence-electron chi connectivity index (χ4n) is 1.69. The van der Waals surface area contributed by atoms with Crippen LogP contribution in [0.3, 0.4) is 0 Å². The van der Waals surface area contributed by atoms with Gasteiger partial charge in [0.25, 0.3) is 0 Å². The first kappa shape index (κ1) is 11.2. The van der Waals surface area contributed by atoms with Crippen molar-refractivity contribution in [1.29, 1.82) is 0 Å². The Morgan fingerprint density at radius 3 is 2.75 bits per heavy atom. The number of fused-ring (bicyclic) bond motifs is 1. The Balaban J connectivity index is 2.82. The zero-order valence-corrected chi connectivity index (χ0v) is 10.3. The van der Waals surface area contributed by atoms with E-state index in [1.54, 1.807) is 6.92 Å². The first-order valence-corrected chi connectivity index (χ1v) is 5.60. The maximum atomic E-state index is 13.4. The van der Waals surface area contributed by atoms with E-state index in [-0.39, 0.29) is 5.82 Å². The molecule has 0 amide bonds. The number of pyridine rings is 2. The number of nitrogens with zero attached hydrogens (tertiary/aromatic N) is 1. The van der Waals surface area contributed by atoms with Crippen molar-refractivity contribution in [3.8, 4) is 11.4 Å². The number of halogens is 1. The number of rotatable bonds is 1.